The van der Waals surface area contributed by atoms with Crippen molar-refractivity contribution in [2.45, 2.75) is 4.90 Å². The van der Waals surface area contributed by atoms with Crippen LogP contribution in [0.2, 0.25) is 0 Å². The summed E-state index contributed by atoms with van der Waals surface area (Å²) in [5.41, 5.74) is 1.61. The predicted molar refractivity (Wildman–Crippen MR) is 63.7 cm³/mol. The van der Waals surface area contributed by atoms with E-state index in [0.29, 0.717) is 16.4 Å². The lowest BCUT2D eigenvalue weighted by atomic mass is 10.1. The lowest BCUT2D eigenvalue weighted by molar-refractivity contribution is -0.104. The molecular formula is C10H6BrClOS. The molecule has 1 heterocycles. The van der Waals surface area contributed by atoms with Crippen LogP contribution in [0.15, 0.2) is 33.1 Å². The summed E-state index contributed by atoms with van der Waals surface area (Å²) in [4.78, 5) is 11.8. The van der Waals surface area contributed by atoms with Crippen molar-refractivity contribution in [1.29, 1.82) is 0 Å². The zero-order chi connectivity index (χ0) is 10.1. The zero-order valence-electron chi connectivity index (χ0n) is 7.09. The monoisotopic (exact) mass is 288 g/mol. The molecule has 0 atom stereocenters. The number of benzene rings is 1. The Bertz CT molecular complexity index is 428. The molecule has 0 fully saturated rings. The third-order valence-electron chi connectivity index (χ3n) is 1.99. The van der Waals surface area contributed by atoms with Crippen LogP contribution < -0.4 is 0 Å². The molecule has 1 aliphatic heterocycles. The van der Waals surface area contributed by atoms with Crippen molar-refractivity contribution in [3.8, 4) is 0 Å². The molecule has 0 saturated carbocycles. The minimum absolute atomic E-state index is 0.579. The highest BCUT2D eigenvalue weighted by Gasteiger charge is 2.17. The Hall–Kier alpha value is -0.250. The fourth-order valence-corrected chi connectivity index (χ4v) is 3.05. The lowest BCUT2D eigenvalue weighted by Crippen LogP contribution is -2.00. The van der Waals surface area contributed by atoms with E-state index in [-0.39, 0.29) is 0 Å². The second-order valence-electron chi connectivity index (χ2n) is 2.89. The SMILES string of the molecule is O=CC1=C(Cl)c2cc(Br)ccc2SC1. The van der Waals surface area contributed by atoms with Gasteiger partial charge >= 0.3 is 0 Å². The third kappa shape index (κ3) is 1.76. The lowest BCUT2D eigenvalue weighted by Gasteiger charge is -2.16. The summed E-state index contributed by atoms with van der Waals surface area (Å²) < 4.78 is 0.974. The quantitative estimate of drug-likeness (QED) is 0.733. The molecule has 0 N–H and O–H groups in total. The second kappa shape index (κ2) is 4.09. The molecule has 0 radical (unpaired) electrons. The highest BCUT2D eigenvalue weighted by atomic mass is 79.9. The Labute approximate surface area is 99.7 Å². The molecule has 72 valence electrons. The van der Waals surface area contributed by atoms with E-state index in [0.717, 1.165) is 21.2 Å². The smallest absolute Gasteiger partial charge is 0.148 e. The van der Waals surface area contributed by atoms with Gasteiger partial charge in [-0.25, -0.2) is 0 Å². The van der Waals surface area contributed by atoms with Crippen molar-refractivity contribution in [3.63, 3.8) is 0 Å². The van der Waals surface area contributed by atoms with Gasteiger partial charge in [0.25, 0.3) is 0 Å². The van der Waals surface area contributed by atoms with E-state index in [2.05, 4.69) is 15.9 Å². The minimum atomic E-state index is 0.579. The van der Waals surface area contributed by atoms with Crippen molar-refractivity contribution in [2.75, 3.05) is 5.75 Å². The van der Waals surface area contributed by atoms with E-state index >= 15 is 0 Å². The van der Waals surface area contributed by atoms with Crippen molar-refractivity contribution in [3.05, 3.63) is 33.8 Å². The van der Waals surface area contributed by atoms with Gasteiger partial charge in [0, 0.05) is 26.3 Å². The summed E-state index contributed by atoms with van der Waals surface area (Å²) >= 11 is 11.1. The average molecular weight is 290 g/mol. The van der Waals surface area contributed by atoms with Crippen LogP contribution in [-0.2, 0) is 4.79 Å². The van der Waals surface area contributed by atoms with Crippen LogP contribution in [-0.4, -0.2) is 12.0 Å². The summed E-state index contributed by atoms with van der Waals surface area (Å²) in [6.07, 6.45) is 0.833. The molecule has 4 heteroatoms. The Kier molecular flexibility index (Phi) is 3.00. The average Bonchev–Trinajstić information content (AvgIpc) is 2.20. The maximum absolute atomic E-state index is 10.7. The fraction of sp³-hybridized carbons (Fsp3) is 0.100. The van der Waals surface area contributed by atoms with Crippen molar-refractivity contribution in [1.82, 2.24) is 0 Å². The number of aldehydes is 1. The number of fused-ring (bicyclic) bond motifs is 1. The molecule has 0 bridgehead atoms. The van der Waals surface area contributed by atoms with E-state index in [1.165, 1.54) is 0 Å². The normalized spacial score (nSPS) is 15.3. The Morgan fingerprint density at radius 3 is 3.00 bits per heavy atom. The van der Waals surface area contributed by atoms with Crippen LogP contribution in [0.4, 0.5) is 0 Å². The molecular weight excluding hydrogens is 284 g/mol. The van der Waals surface area contributed by atoms with E-state index in [1.807, 2.05) is 18.2 Å². The fourth-order valence-electron chi connectivity index (χ4n) is 1.28. The molecule has 0 spiro atoms. The van der Waals surface area contributed by atoms with E-state index in [4.69, 9.17) is 11.6 Å². The molecule has 14 heavy (non-hydrogen) atoms. The van der Waals surface area contributed by atoms with Gasteiger partial charge in [0.1, 0.15) is 6.29 Å². The molecule has 1 aromatic carbocycles. The Balaban J connectivity index is 2.60. The first-order valence-electron chi connectivity index (χ1n) is 3.99. The van der Waals surface area contributed by atoms with Crippen LogP contribution in [0, 0.1) is 0 Å². The van der Waals surface area contributed by atoms with Gasteiger partial charge in [0.2, 0.25) is 0 Å². The van der Waals surface area contributed by atoms with Crippen LogP contribution >= 0.6 is 39.3 Å². The summed E-state index contributed by atoms with van der Waals surface area (Å²) in [6, 6.07) is 5.92. The molecule has 0 amide bonds. The molecule has 1 aromatic rings. The molecule has 0 unspecified atom stereocenters. The van der Waals surface area contributed by atoms with Gasteiger partial charge in [0.05, 0.1) is 5.03 Å². The number of carbonyl (C=O) groups is 1. The molecule has 2 rings (SSSR count). The van der Waals surface area contributed by atoms with Crippen LogP contribution in [0.5, 0.6) is 0 Å². The molecule has 0 saturated heterocycles. The molecule has 1 aliphatic rings. The third-order valence-corrected chi connectivity index (χ3v) is 4.05. The summed E-state index contributed by atoms with van der Waals surface area (Å²) in [7, 11) is 0. The standard InChI is InChI=1S/C10H6BrClOS/c11-7-1-2-9-8(3-7)10(12)6(4-13)5-14-9/h1-4H,5H2. The predicted octanol–water partition coefficient (Wildman–Crippen LogP) is 3.70. The van der Waals surface area contributed by atoms with E-state index in [9.17, 15) is 4.79 Å². The summed E-state index contributed by atoms with van der Waals surface area (Å²) in [5.74, 6) is 0.664. The van der Waals surface area contributed by atoms with E-state index < -0.39 is 0 Å². The maximum atomic E-state index is 10.7. The van der Waals surface area contributed by atoms with Crippen LogP contribution in [0.25, 0.3) is 5.03 Å². The number of hydrogen-bond acceptors (Lipinski definition) is 2. The first kappa shape index (κ1) is 10.3. The highest BCUT2D eigenvalue weighted by Crippen LogP contribution is 2.39. The maximum Gasteiger partial charge on any atom is 0.148 e. The summed E-state index contributed by atoms with van der Waals surface area (Å²) in [6.45, 7) is 0. The molecule has 1 nitrogen and oxygen atoms in total. The van der Waals surface area contributed by atoms with E-state index in [1.54, 1.807) is 11.8 Å². The topological polar surface area (TPSA) is 17.1 Å². The minimum Gasteiger partial charge on any atom is -0.298 e. The second-order valence-corrected chi connectivity index (χ2v) is 5.20. The van der Waals surface area contributed by atoms with Crippen LogP contribution in [0.3, 0.4) is 0 Å². The Morgan fingerprint density at radius 2 is 2.29 bits per heavy atom. The first-order valence-corrected chi connectivity index (χ1v) is 6.14. The highest BCUT2D eigenvalue weighted by molar-refractivity contribution is 9.10. The number of hydrogen-bond donors (Lipinski definition) is 0. The molecule has 0 aromatic heterocycles. The number of thioether (sulfide) groups is 1. The number of rotatable bonds is 1. The number of carbonyl (C=O) groups excluding carboxylic acids is 1. The first-order chi connectivity index (χ1) is 6.72. The van der Waals surface area contributed by atoms with Gasteiger partial charge < -0.3 is 0 Å². The van der Waals surface area contributed by atoms with Gasteiger partial charge in [-0.1, -0.05) is 27.5 Å². The van der Waals surface area contributed by atoms with Gasteiger partial charge in [-0.2, -0.15) is 0 Å². The van der Waals surface area contributed by atoms with Crippen molar-refractivity contribution >= 4 is 50.6 Å². The van der Waals surface area contributed by atoms with Crippen molar-refractivity contribution < 1.29 is 4.79 Å². The number of halogens is 2. The zero-order valence-corrected chi connectivity index (χ0v) is 10.2. The molecule has 0 aliphatic carbocycles. The van der Waals surface area contributed by atoms with Gasteiger partial charge in [-0.3, -0.25) is 4.79 Å². The van der Waals surface area contributed by atoms with Gasteiger partial charge in [0.15, 0.2) is 0 Å². The van der Waals surface area contributed by atoms with Crippen LogP contribution in [0.1, 0.15) is 5.56 Å². The Morgan fingerprint density at radius 1 is 1.50 bits per heavy atom. The largest absolute Gasteiger partial charge is 0.298 e. The summed E-state index contributed by atoms with van der Waals surface area (Å²) in [5, 5.41) is 0.579. The van der Waals surface area contributed by atoms with Gasteiger partial charge in [-0.15, -0.1) is 11.8 Å². The van der Waals surface area contributed by atoms with Gasteiger partial charge in [-0.05, 0) is 18.2 Å². The van der Waals surface area contributed by atoms with Crippen molar-refractivity contribution in [2.24, 2.45) is 0 Å².